The van der Waals surface area contributed by atoms with Crippen molar-refractivity contribution in [2.24, 2.45) is 5.92 Å². The van der Waals surface area contributed by atoms with Gasteiger partial charge in [0.2, 0.25) is 15.9 Å². The molecule has 1 aromatic carbocycles. The van der Waals surface area contributed by atoms with Gasteiger partial charge in [0, 0.05) is 18.1 Å². The topological polar surface area (TPSA) is 84.0 Å². The van der Waals surface area contributed by atoms with Crippen molar-refractivity contribution in [2.45, 2.75) is 32.7 Å². The van der Waals surface area contributed by atoms with Crippen LogP contribution in [0.2, 0.25) is 5.02 Å². The van der Waals surface area contributed by atoms with E-state index in [1.807, 2.05) is 0 Å². The SMILES string of the molecule is COC(=O)C1CCN(C(=O)[C@H](C)N(c2cc(Cl)ccc2C)S(C)(=O)=O)CC1. The van der Waals surface area contributed by atoms with Gasteiger partial charge in [-0.15, -0.1) is 0 Å². The van der Waals surface area contributed by atoms with Crippen molar-refractivity contribution >= 4 is 39.2 Å². The van der Waals surface area contributed by atoms with Gasteiger partial charge in [0.1, 0.15) is 6.04 Å². The summed E-state index contributed by atoms with van der Waals surface area (Å²) < 4.78 is 30.8. The molecular weight excluding hydrogens is 392 g/mol. The molecule has 1 amide bonds. The standard InChI is InChI=1S/C18H25ClN2O5S/c1-12-5-6-15(19)11-16(12)21(27(4,24)25)13(2)17(22)20-9-7-14(8-10-20)18(23)26-3/h5-6,11,13-14H,7-10H2,1-4H3/t13-/m0/s1. The molecule has 0 spiro atoms. The van der Waals surface area contributed by atoms with Gasteiger partial charge in [-0.1, -0.05) is 17.7 Å². The highest BCUT2D eigenvalue weighted by molar-refractivity contribution is 7.92. The maximum atomic E-state index is 13.0. The van der Waals surface area contributed by atoms with E-state index in [0.717, 1.165) is 10.6 Å². The largest absolute Gasteiger partial charge is 0.469 e. The van der Waals surface area contributed by atoms with E-state index in [-0.39, 0.29) is 17.8 Å². The normalized spacial score (nSPS) is 16.7. The Bertz CT molecular complexity index is 819. The van der Waals surface area contributed by atoms with Crippen molar-refractivity contribution in [3.05, 3.63) is 28.8 Å². The molecule has 27 heavy (non-hydrogen) atoms. The molecule has 1 saturated heterocycles. The second kappa shape index (κ2) is 8.48. The highest BCUT2D eigenvalue weighted by atomic mass is 35.5. The number of hydrogen-bond donors (Lipinski definition) is 0. The van der Waals surface area contributed by atoms with Crippen LogP contribution in [0.3, 0.4) is 0 Å². The molecule has 9 heteroatoms. The number of rotatable bonds is 5. The Morgan fingerprint density at radius 2 is 1.89 bits per heavy atom. The van der Waals surface area contributed by atoms with Crippen molar-refractivity contribution in [2.75, 3.05) is 30.8 Å². The van der Waals surface area contributed by atoms with Gasteiger partial charge in [-0.05, 0) is 44.4 Å². The Labute approximate surface area is 165 Å². The number of hydrogen-bond acceptors (Lipinski definition) is 5. The van der Waals surface area contributed by atoms with Crippen molar-refractivity contribution in [1.29, 1.82) is 0 Å². The molecule has 1 atom stereocenters. The fourth-order valence-corrected chi connectivity index (χ4v) is 4.75. The first-order chi connectivity index (χ1) is 12.6. The molecule has 0 radical (unpaired) electrons. The van der Waals surface area contributed by atoms with E-state index in [9.17, 15) is 18.0 Å². The molecule has 1 heterocycles. The first-order valence-corrected chi connectivity index (χ1v) is 10.9. The number of halogens is 1. The maximum Gasteiger partial charge on any atom is 0.308 e. The number of nitrogens with zero attached hydrogens (tertiary/aromatic N) is 2. The number of amides is 1. The van der Waals surface area contributed by atoms with Crippen LogP contribution >= 0.6 is 11.6 Å². The molecule has 7 nitrogen and oxygen atoms in total. The summed E-state index contributed by atoms with van der Waals surface area (Å²) in [5.74, 6) is -0.805. The zero-order valence-electron chi connectivity index (χ0n) is 15.9. The number of esters is 1. The Morgan fingerprint density at radius 1 is 1.30 bits per heavy atom. The number of carbonyl (C=O) groups excluding carboxylic acids is 2. The van der Waals surface area contributed by atoms with Gasteiger partial charge in [0.25, 0.3) is 0 Å². The van der Waals surface area contributed by atoms with Crippen molar-refractivity contribution < 1.29 is 22.7 Å². The Morgan fingerprint density at radius 3 is 2.41 bits per heavy atom. The highest BCUT2D eigenvalue weighted by Gasteiger charge is 2.35. The molecule has 0 unspecified atom stereocenters. The quantitative estimate of drug-likeness (QED) is 0.687. The summed E-state index contributed by atoms with van der Waals surface area (Å²) in [5.41, 5.74) is 1.09. The lowest BCUT2D eigenvalue weighted by Gasteiger charge is -2.36. The molecule has 0 N–H and O–H groups in total. The average molecular weight is 417 g/mol. The van der Waals surface area contributed by atoms with Gasteiger partial charge >= 0.3 is 5.97 Å². The van der Waals surface area contributed by atoms with E-state index in [1.165, 1.54) is 7.11 Å². The number of ether oxygens (including phenoxy) is 1. The number of aryl methyl sites for hydroxylation is 1. The molecule has 0 bridgehead atoms. The molecule has 1 aromatic rings. The van der Waals surface area contributed by atoms with E-state index in [1.54, 1.807) is 36.9 Å². The summed E-state index contributed by atoms with van der Waals surface area (Å²) >= 11 is 6.04. The van der Waals surface area contributed by atoms with E-state index in [0.29, 0.717) is 42.2 Å². The van der Waals surface area contributed by atoms with Gasteiger partial charge < -0.3 is 9.64 Å². The number of sulfonamides is 1. The number of benzene rings is 1. The summed E-state index contributed by atoms with van der Waals surface area (Å²) in [6.07, 6.45) is 2.07. The van der Waals surface area contributed by atoms with Crippen LogP contribution in [0.4, 0.5) is 5.69 Å². The molecule has 2 rings (SSSR count). The number of piperidine rings is 1. The van der Waals surface area contributed by atoms with Crippen molar-refractivity contribution in [3.63, 3.8) is 0 Å². The Kier molecular flexibility index (Phi) is 6.75. The minimum atomic E-state index is -3.72. The van der Waals surface area contributed by atoms with Crippen LogP contribution in [-0.4, -0.2) is 57.7 Å². The van der Waals surface area contributed by atoms with Crippen LogP contribution in [0.25, 0.3) is 0 Å². The summed E-state index contributed by atoms with van der Waals surface area (Å²) in [6, 6.07) is 4.01. The fourth-order valence-electron chi connectivity index (χ4n) is 3.36. The lowest BCUT2D eigenvalue weighted by Crippen LogP contribution is -2.52. The molecule has 1 fully saturated rings. The van der Waals surface area contributed by atoms with Crippen LogP contribution < -0.4 is 4.31 Å². The van der Waals surface area contributed by atoms with Gasteiger partial charge in [0.15, 0.2) is 0 Å². The zero-order chi connectivity index (χ0) is 20.4. The predicted molar refractivity (Wildman–Crippen MR) is 104 cm³/mol. The third kappa shape index (κ3) is 4.93. The first kappa shape index (κ1) is 21.5. The van der Waals surface area contributed by atoms with Gasteiger partial charge in [-0.3, -0.25) is 13.9 Å². The predicted octanol–water partition coefficient (Wildman–Crippen LogP) is 2.21. The van der Waals surface area contributed by atoms with Crippen LogP contribution in [0.5, 0.6) is 0 Å². The van der Waals surface area contributed by atoms with Crippen LogP contribution in [0.1, 0.15) is 25.3 Å². The second-order valence-electron chi connectivity index (χ2n) is 6.79. The Hall–Kier alpha value is -1.80. The molecular formula is C18H25ClN2O5S. The lowest BCUT2D eigenvalue weighted by molar-refractivity contribution is -0.149. The molecule has 150 valence electrons. The van der Waals surface area contributed by atoms with Crippen LogP contribution in [-0.2, 0) is 24.3 Å². The number of likely N-dealkylation sites (tertiary alicyclic amines) is 1. The van der Waals surface area contributed by atoms with E-state index in [4.69, 9.17) is 16.3 Å². The Balaban J connectivity index is 2.24. The van der Waals surface area contributed by atoms with E-state index >= 15 is 0 Å². The lowest BCUT2D eigenvalue weighted by atomic mass is 9.96. The van der Waals surface area contributed by atoms with Gasteiger partial charge in [-0.2, -0.15) is 0 Å². The monoisotopic (exact) mass is 416 g/mol. The molecule has 0 aliphatic carbocycles. The smallest absolute Gasteiger partial charge is 0.308 e. The molecule has 0 aromatic heterocycles. The third-order valence-corrected chi connectivity index (χ3v) is 6.28. The average Bonchev–Trinajstić information content (AvgIpc) is 2.62. The molecule has 1 aliphatic rings. The first-order valence-electron chi connectivity index (χ1n) is 8.68. The number of carbonyl (C=O) groups is 2. The minimum Gasteiger partial charge on any atom is -0.469 e. The fraction of sp³-hybridized carbons (Fsp3) is 0.556. The van der Waals surface area contributed by atoms with Crippen molar-refractivity contribution in [1.82, 2.24) is 4.90 Å². The van der Waals surface area contributed by atoms with Crippen LogP contribution in [0.15, 0.2) is 18.2 Å². The molecule has 0 saturated carbocycles. The summed E-state index contributed by atoms with van der Waals surface area (Å²) in [6.45, 7) is 4.10. The third-order valence-electron chi connectivity index (χ3n) is 4.82. The minimum absolute atomic E-state index is 0.226. The number of anilines is 1. The molecule has 1 aliphatic heterocycles. The van der Waals surface area contributed by atoms with Gasteiger partial charge in [0.05, 0.1) is 25.0 Å². The van der Waals surface area contributed by atoms with E-state index < -0.39 is 16.1 Å². The van der Waals surface area contributed by atoms with Crippen molar-refractivity contribution in [3.8, 4) is 0 Å². The summed E-state index contributed by atoms with van der Waals surface area (Å²) in [4.78, 5) is 26.2. The maximum absolute atomic E-state index is 13.0. The second-order valence-corrected chi connectivity index (χ2v) is 9.08. The van der Waals surface area contributed by atoms with E-state index in [2.05, 4.69) is 0 Å². The summed E-state index contributed by atoms with van der Waals surface area (Å²) in [5, 5.41) is 0.391. The number of methoxy groups -OCH3 is 1. The highest BCUT2D eigenvalue weighted by Crippen LogP contribution is 2.29. The zero-order valence-corrected chi connectivity index (χ0v) is 17.5. The summed E-state index contributed by atoms with van der Waals surface area (Å²) in [7, 11) is -2.37. The van der Waals surface area contributed by atoms with Crippen LogP contribution in [0, 0.1) is 12.8 Å². The van der Waals surface area contributed by atoms with Gasteiger partial charge in [-0.25, -0.2) is 8.42 Å².